The van der Waals surface area contributed by atoms with Crippen LogP contribution < -0.4 is 15.6 Å². The second kappa shape index (κ2) is 11.8. The highest BCUT2D eigenvalue weighted by Gasteiger charge is 2.30. The Kier molecular flexibility index (Phi) is 7.68. The van der Waals surface area contributed by atoms with E-state index in [9.17, 15) is 22.8 Å². The van der Waals surface area contributed by atoms with Crippen LogP contribution in [0.2, 0.25) is 0 Å². The van der Waals surface area contributed by atoms with E-state index < -0.39 is 11.7 Å². The molecule has 2 heterocycles. The first-order valence-electron chi connectivity index (χ1n) is 14.0. The van der Waals surface area contributed by atoms with Crippen LogP contribution in [0.4, 0.5) is 18.9 Å². The zero-order valence-electron chi connectivity index (χ0n) is 24.1. The largest absolute Gasteiger partial charge is 0.489 e. The van der Waals surface area contributed by atoms with Crippen molar-refractivity contribution >= 4 is 33.4 Å². The van der Waals surface area contributed by atoms with E-state index >= 15 is 0 Å². The van der Waals surface area contributed by atoms with Gasteiger partial charge in [-0.05, 0) is 83.8 Å². The molecule has 0 atom stereocenters. The van der Waals surface area contributed by atoms with Crippen molar-refractivity contribution in [1.82, 2.24) is 9.55 Å². The number of aryl methyl sites for hydroxylation is 1. The maximum atomic E-state index is 13.3. The van der Waals surface area contributed by atoms with Gasteiger partial charge in [0, 0.05) is 28.7 Å². The van der Waals surface area contributed by atoms with Gasteiger partial charge in [0.2, 0.25) is 5.91 Å². The van der Waals surface area contributed by atoms with Crippen LogP contribution in [0.5, 0.6) is 5.75 Å². The number of amides is 1. The summed E-state index contributed by atoms with van der Waals surface area (Å²) in [4.78, 5) is 30.0. The average molecular weight is 606 g/mol. The third kappa shape index (κ3) is 6.05. The van der Waals surface area contributed by atoms with E-state index in [2.05, 4.69) is 16.9 Å². The van der Waals surface area contributed by atoms with Gasteiger partial charge in [-0.3, -0.25) is 19.1 Å². The van der Waals surface area contributed by atoms with E-state index in [1.807, 2.05) is 61.5 Å². The predicted octanol–water partition coefficient (Wildman–Crippen LogP) is 8.24. The Balaban J connectivity index is 1.36. The summed E-state index contributed by atoms with van der Waals surface area (Å²) in [5.41, 5.74) is 4.91. The molecule has 0 aliphatic rings. The number of hydrogen-bond donors (Lipinski definition) is 1. The molecule has 0 radical (unpaired) electrons. The van der Waals surface area contributed by atoms with Crippen molar-refractivity contribution < 1.29 is 22.7 Å². The fraction of sp³-hybridized carbons (Fsp3) is 0.0833. The standard InChI is InChI=1S/C36H26F3N3O3/c1-3-33(43)41-32-19-28(14-7-22(32)2)42-34(44)16-13-26-20-40-31-15-12-25(17-30(31)35(26)42)24-10-8-23(9-11-24)21-45-29-6-4-5-27(18-29)36(37,38)39/h3-20H,1,21H2,2H3,(H,41,43). The molecule has 0 bridgehead atoms. The summed E-state index contributed by atoms with van der Waals surface area (Å²) in [6.45, 7) is 5.48. The van der Waals surface area contributed by atoms with E-state index in [-0.39, 0.29) is 23.8 Å². The Morgan fingerprint density at radius 3 is 2.49 bits per heavy atom. The lowest BCUT2D eigenvalue weighted by Crippen LogP contribution is -2.18. The smallest absolute Gasteiger partial charge is 0.416 e. The van der Waals surface area contributed by atoms with Gasteiger partial charge in [0.15, 0.2) is 0 Å². The van der Waals surface area contributed by atoms with Gasteiger partial charge < -0.3 is 10.1 Å². The van der Waals surface area contributed by atoms with Crippen molar-refractivity contribution in [3.63, 3.8) is 0 Å². The fourth-order valence-corrected chi connectivity index (χ4v) is 5.14. The molecule has 6 aromatic rings. The summed E-state index contributed by atoms with van der Waals surface area (Å²) in [6.07, 6.45) is -1.53. The topological polar surface area (TPSA) is 73.2 Å². The number of hydrogen-bond acceptors (Lipinski definition) is 4. The summed E-state index contributed by atoms with van der Waals surface area (Å²) in [6, 6.07) is 26.8. The summed E-state index contributed by atoms with van der Waals surface area (Å²) in [7, 11) is 0. The number of fused-ring (bicyclic) bond motifs is 3. The van der Waals surface area contributed by atoms with E-state index in [0.717, 1.165) is 45.2 Å². The van der Waals surface area contributed by atoms with Crippen LogP contribution >= 0.6 is 0 Å². The van der Waals surface area contributed by atoms with Gasteiger partial charge >= 0.3 is 6.18 Å². The highest BCUT2D eigenvalue weighted by Crippen LogP contribution is 2.33. The molecule has 224 valence electrons. The molecule has 9 heteroatoms. The van der Waals surface area contributed by atoms with Crippen LogP contribution in [0, 0.1) is 6.92 Å². The van der Waals surface area contributed by atoms with Gasteiger partial charge in [-0.25, -0.2) is 0 Å². The first-order valence-corrected chi connectivity index (χ1v) is 14.0. The number of pyridine rings is 2. The maximum Gasteiger partial charge on any atom is 0.416 e. The van der Waals surface area contributed by atoms with Crippen molar-refractivity contribution in [2.24, 2.45) is 0 Å². The van der Waals surface area contributed by atoms with Crippen molar-refractivity contribution in [1.29, 1.82) is 0 Å². The first kappa shape index (κ1) is 29.4. The number of anilines is 1. The molecular formula is C36H26F3N3O3. The molecule has 0 aliphatic carbocycles. The van der Waals surface area contributed by atoms with E-state index in [0.29, 0.717) is 22.4 Å². The summed E-state index contributed by atoms with van der Waals surface area (Å²) >= 11 is 0. The Morgan fingerprint density at radius 1 is 0.956 bits per heavy atom. The van der Waals surface area contributed by atoms with Crippen molar-refractivity contribution in [2.45, 2.75) is 19.7 Å². The van der Waals surface area contributed by atoms with Crippen LogP contribution in [0.25, 0.3) is 38.6 Å². The van der Waals surface area contributed by atoms with Gasteiger partial charge in [-0.15, -0.1) is 0 Å². The van der Waals surface area contributed by atoms with Crippen molar-refractivity contribution in [2.75, 3.05) is 5.32 Å². The summed E-state index contributed by atoms with van der Waals surface area (Å²) < 4.78 is 46.4. The Bertz CT molecular complexity index is 2150. The van der Waals surface area contributed by atoms with E-state index in [1.165, 1.54) is 24.3 Å². The Hall–Kier alpha value is -5.70. The molecule has 0 unspecified atom stereocenters. The van der Waals surface area contributed by atoms with Gasteiger partial charge in [0.1, 0.15) is 12.4 Å². The number of carbonyl (C=O) groups is 1. The molecule has 1 amide bonds. The molecule has 0 saturated carbocycles. The van der Waals surface area contributed by atoms with Crippen LogP contribution in [0.3, 0.4) is 0 Å². The minimum Gasteiger partial charge on any atom is -0.489 e. The Morgan fingerprint density at radius 2 is 1.73 bits per heavy atom. The van der Waals surface area contributed by atoms with Crippen molar-refractivity contribution in [3.05, 3.63) is 143 Å². The lowest BCUT2D eigenvalue weighted by Gasteiger charge is -2.15. The number of alkyl halides is 3. The number of rotatable bonds is 7. The van der Waals surface area contributed by atoms with Crippen molar-refractivity contribution in [3.8, 4) is 22.6 Å². The summed E-state index contributed by atoms with van der Waals surface area (Å²) in [5, 5.41) is 4.32. The normalized spacial score (nSPS) is 11.5. The molecule has 2 aromatic heterocycles. The molecule has 45 heavy (non-hydrogen) atoms. The molecule has 1 N–H and O–H groups in total. The molecular weight excluding hydrogens is 579 g/mol. The first-order chi connectivity index (χ1) is 21.6. The fourth-order valence-electron chi connectivity index (χ4n) is 5.14. The lowest BCUT2D eigenvalue weighted by molar-refractivity contribution is -0.137. The number of nitrogens with one attached hydrogen (secondary N) is 1. The molecule has 0 aliphatic heterocycles. The molecule has 6 nitrogen and oxygen atoms in total. The molecule has 6 rings (SSSR count). The van der Waals surface area contributed by atoms with Gasteiger partial charge in [-0.1, -0.05) is 49.0 Å². The predicted molar refractivity (Wildman–Crippen MR) is 170 cm³/mol. The van der Waals surface area contributed by atoms with E-state index in [1.54, 1.807) is 22.9 Å². The number of aromatic nitrogens is 2. The van der Waals surface area contributed by atoms with Crippen LogP contribution in [0.15, 0.2) is 121 Å². The van der Waals surface area contributed by atoms with Gasteiger partial charge in [0.05, 0.1) is 22.3 Å². The quantitative estimate of drug-likeness (QED) is 0.147. The average Bonchev–Trinajstić information content (AvgIpc) is 3.04. The second-order valence-corrected chi connectivity index (χ2v) is 10.5. The minimum absolute atomic E-state index is 0.103. The molecule has 4 aromatic carbocycles. The highest BCUT2D eigenvalue weighted by atomic mass is 19.4. The van der Waals surface area contributed by atoms with Gasteiger partial charge in [0.25, 0.3) is 5.56 Å². The zero-order valence-corrected chi connectivity index (χ0v) is 24.1. The number of ether oxygens (including phenoxy) is 1. The maximum absolute atomic E-state index is 13.3. The van der Waals surface area contributed by atoms with Crippen LogP contribution in [-0.2, 0) is 17.6 Å². The number of benzene rings is 4. The number of carbonyl (C=O) groups excluding carboxylic acids is 1. The number of halogens is 3. The zero-order chi connectivity index (χ0) is 31.7. The Labute approximate surface area is 256 Å². The molecule has 0 fully saturated rings. The highest BCUT2D eigenvalue weighted by molar-refractivity contribution is 6.05. The molecule has 0 saturated heterocycles. The lowest BCUT2D eigenvalue weighted by atomic mass is 10.0. The summed E-state index contributed by atoms with van der Waals surface area (Å²) in [5.74, 6) is -0.217. The SMILES string of the molecule is C=CC(=O)Nc1cc(-n2c(=O)ccc3cnc4ccc(-c5ccc(COc6cccc(C(F)(F)F)c6)cc5)cc4c32)ccc1C. The second-order valence-electron chi connectivity index (χ2n) is 10.5. The number of nitrogens with zero attached hydrogens (tertiary/aromatic N) is 2. The molecule has 0 spiro atoms. The minimum atomic E-state index is -4.44. The van der Waals surface area contributed by atoms with Crippen LogP contribution in [0.1, 0.15) is 16.7 Å². The van der Waals surface area contributed by atoms with E-state index in [4.69, 9.17) is 4.74 Å². The third-order valence-electron chi connectivity index (χ3n) is 7.49. The van der Waals surface area contributed by atoms with Crippen LogP contribution in [-0.4, -0.2) is 15.5 Å². The van der Waals surface area contributed by atoms with Gasteiger partial charge in [-0.2, -0.15) is 13.2 Å². The third-order valence-corrected chi connectivity index (χ3v) is 7.49. The monoisotopic (exact) mass is 605 g/mol.